The summed E-state index contributed by atoms with van der Waals surface area (Å²) in [5.74, 6) is 0. The van der Waals surface area contributed by atoms with Crippen LogP contribution in [-0.4, -0.2) is 31.1 Å². The van der Waals surface area contributed by atoms with Crippen molar-refractivity contribution in [3.8, 4) is 0 Å². The van der Waals surface area contributed by atoms with Crippen LogP contribution in [0.3, 0.4) is 0 Å². The normalized spacial score (nSPS) is 17.7. The van der Waals surface area contributed by atoms with E-state index in [2.05, 4.69) is 45.2 Å². The molecule has 90 valence electrons. The van der Waals surface area contributed by atoms with Crippen LogP contribution in [0.15, 0.2) is 35.0 Å². The Morgan fingerprint density at radius 1 is 1.00 bits per heavy atom. The third-order valence-corrected chi connectivity index (χ3v) is 4.99. The molecule has 0 bridgehead atoms. The summed E-state index contributed by atoms with van der Waals surface area (Å²) in [4.78, 5) is 5.53. The van der Waals surface area contributed by atoms with Crippen molar-refractivity contribution in [3.63, 3.8) is 0 Å². The summed E-state index contributed by atoms with van der Waals surface area (Å²) in [7, 11) is 0. The van der Waals surface area contributed by atoms with Crippen molar-refractivity contribution >= 4 is 22.7 Å². The summed E-state index contributed by atoms with van der Waals surface area (Å²) in [6, 6.07) is 9.30. The summed E-state index contributed by atoms with van der Waals surface area (Å²) in [5, 5.41) is 7.78. The van der Waals surface area contributed by atoms with Gasteiger partial charge in [-0.05, 0) is 22.9 Å². The minimum Gasteiger partial charge on any atom is -0.314 e. The van der Waals surface area contributed by atoms with E-state index in [-0.39, 0.29) is 0 Å². The zero-order valence-electron chi connectivity index (χ0n) is 9.63. The highest BCUT2D eigenvalue weighted by Gasteiger charge is 2.25. The van der Waals surface area contributed by atoms with Crippen molar-refractivity contribution < 1.29 is 0 Å². The predicted molar refractivity (Wildman–Crippen MR) is 74.9 cm³/mol. The summed E-state index contributed by atoms with van der Waals surface area (Å²) in [5.41, 5.74) is 0. The van der Waals surface area contributed by atoms with Crippen LogP contribution in [0.25, 0.3) is 0 Å². The van der Waals surface area contributed by atoms with Gasteiger partial charge < -0.3 is 5.32 Å². The second-order valence-electron chi connectivity index (χ2n) is 4.22. The van der Waals surface area contributed by atoms with Gasteiger partial charge >= 0.3 is 0 Å². The third kappa shape index (κ3) is 2.45. The molecule has 1 aliphatic heterocycles. The lowest BCUT2D eigenvalue weighted by Gasteiger charge is -2.33. The maximum atomic E-state index is 3.43. The SMILES string of the molecule is c1csc(C(c2cccs2)N2CCNCC2)c1. The number of nitrogens with one attached hydrogen (secondary N) is 1. The fourth-order valence-corrected chi connectivity index (χ4v) is 4.16. The molecule has 0 atom stereocenters. The average molecular weight is 264 g/mol. The molecule has 2 aromatic heterocycles. The van der Waals surface area contributed by atoms with E-state index in [1.54, 1.807) is 0 Å². The molecule has 2 aromatic rings. The van der Waals surface area contributed by atoms with Crippen molar-refractivity contribution in [2.24, 2.45) is 0 Å². The van der Waals surface area contributed by atoms with Gasteiger partial charge in [-0.3, -0.25) is 4.90 Å². The van der Waals surface area contributed by atoms with Gasteiger partial charge in [0.15, 0.2) is 0 Å². The first kappa shape index (κ1) is 11.4. The number of hydrogen-bond acceptors (Lipinski definition) is 4. The molecule has 0 unspecified atom stereocenters. The second kappa shape index (κ2) is 5.31. The number of hydrogen-bond donors (Lipinski definition) is 1. The zero-order valence-corrected chi connectivity index (χ0v) is 11.3. The quantitative estimate of drug-likeness (QED) is 0.917. The minimum absolute atomic E-state index is 0.470. The summed E-state index contributed by atoms with van der Waals surface area (Å²) in [6.45, 7) is 4.49. The molecule has 1 N–H and O–H groups in total. The largest absolute Gasteiger partial charge is 0.314 e. The molecular weight excluding hydrogens is 248 g/mol. The van der Waals surface area contributed by atoms with E-state index >= 15 is 0 Å². The van der Waals surface area contributed by atoms with Crippen LogP contribution >= 0.6 is 22.7 Å². The number of piperazine rings is 1. The Morgan fingerprint density at radius 3 is 2.06 bits per heavy atom. The second-order valence-corrected chi connectivity index (χ2v) is 6.18. The number of nitrogens with zero attached hydrogens (tertiary/aromatic N) is 1. The van der Waals surface area contributed by atoms with E-state index in [4.69, 9.17) is 0 Å². The molecule has 3 heterocycles. The first-order chi connectivity index (χ1) is 8.45. The molecule has 0 aromatic carbocycles. The molecule has 0 amide bonds. The Hall–Kier alpha value is -0.680. The fraction of sp³-hybridized carbons (Fsp3) is 0.385. The Bertz CT molecular complexity index is 396. The molecule has 17 heavy (non-hydrogen) atoms. The summed E-state index contributed by atoms with van der Waals surface area (Å²) < 4.78 is 0. The van der Waals surface area contributed by atoms with Gasteiger partial charge in [0.25, 0.3) is 0 Å². The van der Waals surface area contributed by atoms with Crippen molar-refractivity contribution in [1.29, 1.82) is 0 Å². The predicted octanol–water partition coefficient (Wildman–Crippen LogP) is 2.80. The van der Waals surface area contributed by atoms with Gasteiger partial charge in [-0.15, -0.1) is 22.7 Å². The van der Waals surface area contributed by atoms with Gasteiger partial charge in [-0.1, -0.05) is 12.1 Å². The van der Waals surface area contributed by atoms with Gasteiger partial charge in [0, 0.05) is 35.9 Å². The Labute approximate surface area is 110 Å². The molecule has 0 spiro atoms. The summed E-state index contributed by atoms with van der Waals surface area (Å²) >= 11 is 3.74. The molecule has 1 fully saturated rings. The van der Waals surface area contributed by atoms with Crippen LogP contribution < -0.4 is 5.32 Å². The first-order valence-electron chi connectivity index (χ1n) is 5.97. The minimum atomic E-state index is 0.470. The van der Waals surface area contributed by atoms with E-state index in [1.807, 2.05) is 22.7 Å². The third-order valence-electron chi connectivity index (χ3n) is 3.14. The molecule has 0 radical (unpaired) electrons. The standard InChI is InChI=1S/C13H16N2S2/c1-3-11(16-9-1)13(12-4-2-10-17-12)15-7-5-14-6-8-15/h1-4,9-10,13-14H,5-8H2. The Morgan fingerprint density at radius 2 is 1.59 bits per heavy atom. The van der Waals surface area contributed by atoms with Gasteiger partial charge in [0.1, 0.15) is 0 Å². The highest BCUT2D eigenvalue weighted by Crippen LogP contribution is 2.34. The molecule has 0 aliphatic carbocycles. The van der Waals surface area contributed by atoms with Crippen LogP contribution in [0.4, 0.5) is 0 Å². The zero-order chi connectivity index (χ0) is 11.5. The smallest absolute Gasteiger partial charge is 0.0790 e. The van der Waals surface area contributed by atoms with E-state index in [1.165, 1.54) is 9.75 Å². The molecule has 4 heteroatoms. The van der Waals surface area contributed by atoms with E-state index in [0.717, 1.165) is 26.2 Å². The van der Waals surface area contributed by atoms with Gasteiger partial charge in [-0.2, -0.15) is 0 Å². The van der Waals surface area contributed by atoms with Gasteiger partial charge in [-0.25, -0.2) is 0 Å². The van der Waals surface area contributed by atoms with Crippen LogP contribution in [0, 0.1) is 0 Å². The highest BCUT2D eigenvalue weighted by molar-refractivity contribution is 7.11. The molecule has 1 aliphatic rings. The first-order valence-corrected chi connectivity index (χ1v) is 7.72. The monoisotopic (exact) mass is 264 g/mol. The molecular formula is C13H16N2S2. The molecule has 0 saturated carbocycles. The topological polar surface area (TPSA) is 15.3 Å². The summed E-state index contributed by atoms with van der Waals surface area (Å²) in [6.07, 6.45) is 0. The highest BCUT2D eigenvalue weighted by atomic mass is 32.1. The molecule has 1 saturated heterocycles. The van der Waals surface area contributed by atoms with Crippen molar-refractivity contribution in [3.05, 3.63) is 44.8 Å². The van der Waals surface area contributed by atoms with Crippen LogP contribution in [-0.2, 0) is 0 Å². The lowest BCUT2D eigenvalue weighted by molar-refractivity contribution is 0.203. The Kier molecular flexibility index (Phi) is 3.57. The van der Waals surface area contributed by atoms with E-state index in [0.29, 0.717) is 6.04 Å². The van der Waals surface area contributed by atoms with Crippen molar-refractivity contribution in [2.45, 2.75) is 6.04 Å². The lowest BCUT2D eigenvalue weighted by atomic mass is 10.1. The number of thiophene rings is 2. The molecule has 2 nitrogen and oxygen atoms in total. The van der Waals surface area contributed by atoms with E-state index < -0.39 is 0 Å². The van der Waals surface area contributed by atoms with Crippen molar-refractivity contribution in [2.75, 3.05) is 26.2 Å². The average Bonchev–Trinajstić information content (AvgIpc) is 3.04. The van der Waals surface area contributed by atoms with Crippen LogP contribution in [0.2, 0.25) is 0 Å². The van der Waals surface area contributed by atoms with Crippen LogP contribution in [0.5, 0.6) is 0 Å². The number of rotatable bonds is 3. The van der Waals surface area contributed by atoms with Crippen LogP contribution in [0.1, 0.15) is 15.8 Å². The maximum absolute atomic E-state index is 3.43. The van der Waals surface area contributed by atoms with Crippen molar-refractivity contribution in [1.82, 2.24) is 10.2 Å². The Balaban J connectivity index is 1.91. The fourth-order valence-electron chi connectivity index (χ4n) is 2.33. The van der Waals surface area contributed by atoms with Gasteiger partial charge in [0.2, 0.25) is 0 Å². The maximum Gasteiger partial charge on any atom is 0.0790 e. The van der Waals surface area contributed by atoms with Gasteiger partial charge in [0.05, 0.1) is 6.04 Å². The lowest BCUT2D eigenvalue weighted by Crippen LogP contribution is -2.45. The van der Waals surface area contributed by atoms with E-state index in [9.17, 15) is 0 Å². The molecule has 3 rings (SSSR count).